The number of rotatable bonds is 2. The van der Waals surface area contributed by atoms with Crippen LogP contribution in [0.25, 0.3) is 0 Å². The van der Waals surface area contributed by atoms with E-state index < -0.39 is 40.0 Å². The van der Waals surface area contributed by atoms with Gasteiger partial charge in [0.2, 0.25) is 0 Å². The Bertz CT molecular complexity index is 619. The van der Waals surface area contributed by atoms with Gasteiger partial charge in [-0.25, -0.2) is 17.6 Å². The van der Waals surface area contributed by atoms with E-state index in [9.17, 15) is 22.7 Å². The van der Waals surface area contributed by atoms with Gasteiger partial charge in [-0.3, -0.25) is 0 Å². The predicted octanol–water partition coefficient (Wildman–Crippen LogP) is 3.50. The molecular weight excluding hydrogens is 260 g/mol. The minimum Gasteiger partial charge on any atom is -0.380 e. The van der Waals surface area contributed by atoms with Crippen molar-refractivity contribution in [2.24, 2.45) is 0 Å². The Morgan fingerprint density at radius 1 is 0.895 bits per heavy atom. The number of hydrogen-bond donors (Lipinski definition) is 1. The maximum atomic E-state index is 13.7. The molecule has 0 spiro atoms. The average Bonchev–Trinajstić information content (AvgIpc) is 2.35. The van der Waals surface area contributed by atoms with E-state index in [0.29, 0.717) is 0 Å². The van der Waals surface area contributed by atoms with Crippen molar-refractivity contribution in [3.05, 3.63) is 70.8 Å². The summed E-state index contributed by atoms with van der Waals surface area (Å²) >= 11 is 0. The van der Waals surface area contributed by atoms with Crippen LogP contribution >= 0.6 is 0 Å². The summed E-state index contributed by atoms with van der Waals surface area (Å²) < 4.78 is 53.6. The summed E-state index contributed by atoms with van der Waals surface area (Å²) in [5, 5.41) is 10.3. The molecule has 0 aliphatic rings. The molecule has 0 saturated carbocycles. The molecule has 0 radical (unpaired) electrons. The van der Waals surface area contributed by atoms with E-state index in [0.717, 1.165) is 37.3 Å². The lowest BCUT2D eigenvalue weighted by Crippen LogP contribution is -2.26. The Morgan fingerprint density at radius 2 is 1.58 bits per heavy atom. The van der Waals surface area contributed by atoms with Crippen LogP contribution in [0, 0.1) is 23.3 Å². The van der Waals surface area contributed by atoms with Gasteiger partial charge < -0.3 is 5.11 Å². The zero-order chi connectivity index (χ0) is 14.2. The molecular formula is C14H10F4O. The number of benzene rings is 2. The topological polar surface area (TPSA) is 20.2 Å². The first kappa shape index (κ1) is 13.5. The standard InChI is InChI=1S/C14H10F4O/c1-14(19,9-3-2-4-12(17)13(9)18)10-7-8(15)5-6-11(10)16/h2-7,19H,1H3. The second kappa shape index (κ2) is 4.66. The Balaban J connectivity index is 2.65. The Labute approximate surface area is 107 Å². The van der Waals surface area contributed by atoms with Gasteiger partial charge in [0.15, 0.2) is 11.6 Å². The van der Waals surface area contributed by atoms with Gasteiger partial charge in [0.25, 0.3) is 0 Å². The van der Waals surface area contributed by atoms with Crippen LogP contribution in [-0.4, -0.2) is 5.11 Å². The summed E-state index contributed by atoms with van der Waals surface area (Å²) in [6.07, 6.45) is 0. The summed E-state index contributed by atoms with van der Waals surface area (Å²) in [5.74, 6) is -4.16. The van der Waals surface area contributed by atoms with Crippen LogP contribution in [0.5, 0.6) is 0 Å². The van der Waals surface area contributed by atoms with Crippen molar-refractivity contribution in [2.75, 3.05) is 0 Å². The molecule has 1 N–H and O–H groups in total. The van der Waals surface area contributed by atoms with Crippen molar-refractivity contribution in [3.63, 3.8) is 0 Å². The molecule has 0 aliphatic heterocycles. The molecule has 5 heteroatoms. The van der Waals surface area contributed by atoms with Gasteiger partial charge in [-0.15, -0.1) is 0 Å². The molecule has 2 rings (SSSR count). The third kappa shape index (κ3) is 2.33. The Morgan fingerprint density at radius 3 is 2.26 bits per heavy atom. The van der Waals surface area contributed by atoms with Crippen molar-refractivity contribution >= 4 is 0 Å². The molecule has 0 aliphatic carbocycles. The van der Waals surface area contributed by atoms with Gasteiger partial charge in [-0.2, -0.15) is 0 Å². The largest absolute Gasteiger partial charge is 0.380 e. The second-order valence-corrected chi connectivity index (χ2v) is 4.30. The second-order valence-electron chi connectivity index (χ2n) is 4.30. The number of aliphatic hydroxyl groups is 1. The highest BCUT2D eigenvalue weighted by atomic mass is 19.2. The zero-order valence-electron chi connectivity index (χ0n) is 9.92. The lowest BCUT2D eigenvalue weighted by molar-refractivity contribution is 0.0924. The van der Waals surface area contributed by atoms with Gasteiger partial charge in [-0.1, -0.05) is 12.1 Å². The van der Waals surface area contributed by atoms with Crippen LogP contribution in [0.3, 0.4) is 0 Å². The molecule has 1 unspecified atom stereocenters. The Kier molecular flexibility index (Phi) is 3.32. The van der Waals surface area contributed by atoms with Crippen LogP contribution in [0.2, 0.25) is 0 Å². The number of halogens is 4. The zero-order valence-corrected chi connectivity index (χ0v) is 9.92. The van der Waals surface area contributed by atoms with Crippen LogP contribution in [-0.2, 0) is 5.60 Å². The van der Waals surface area contributed by atoms with E-state index in [4.69, 9.17) is 0 Å². The normalized spacial score (nSPS) is 14.2. The summed E-state index contributed by atoms with van der Waals surface area (Å²) in [6.45, 7) is 1.07. The monoisotopic (exact) mass is 270 g/mol. The molecule has 0 fully saturated rings. The lowest BCUT2D eigenvalue weighted by Gasteiger charge is -2.25. The summed E-state index contributed by atoms with van der Waals surface area (Å²) in [4.78, 5) is 0. The molecule has 1 atom stereocenters. The highest BCUT2D eigenvalue weighted by Crippen LogP contribution is 2.33. The van der Waals surface area contributed by atoms with E-state index >= 15 is 0 Å². The Hall–Kier alpha value is -1.88. The van der Waals surface area contributed by atoms with Gasteiger partial charge >= 0.3 is 0 Å². The minimum absolute atomic E-state index is 0.461. The predicted molar refractivity (Wildman–Crippen MR) is 61.4 cm³/mol. The average molecular weight is 270 g/mol. The van der Waals surface area contributed by atoms with E-state index in [1.807, 2.05) is 0 Å². The molecule has 2 aromatic carbocycles. The van der Waals surface area contributed by atoms with Crippen molar-refractivity contribution in [1.29, 1.82) is 0 Å². The summed E-state index contributed by atoms with van der Waals surface area (Å²) in [5.41, 5.74) is -3.10. The van der Waals surface area contributed by atoms with E-state index in [1.165, 1.54) is 6.07 Å². The number of hydrogen-bond acceptors (Lipinski definition) is 1. The maximum Gasteiger partial charge on any atom is 0.165 e. The van der Waals surface area contributed by atoms with E-state index in [1.54, 1.807) is 0 Å². The molecule has 0 bridgehead atoms. The summed E-state index contributed by atoms with van der Waals surface area (Å²) in [6, 6.07) is 5.60. The molecule has 0 amide bonds. The molecule has 2 aromatic rings. The first-order valence-corrected chi connectivity index (χ1v) is 5.46. The van der Waals surface area contributed by atoms with Crippen molar-refractivity contribution in [2.45, 2.75) is 12.5 Å². The third-order valence-corrected chi connectivity index (χ3v) is 2.93. The van der Waals surface area contributed by atoms with E-state index in [2.05, 4.69) is 0 Å². The lowest BCUT2D eigenvalue weighted by atomic mass is 9.87. The summed E-state index contributed by atoms with van der Waals surface area (Å²) in [7, 11) is 0. The molecule has 19 heavy (non-hydrogen) atoms. The highest BCUT2D eigenvalue weighted by molar-refractivity contribution is 5.37. The van der Waals surface area contributed by atoms with E-state index in [-0.39, 0.29) is 0 Å². The van der Waals surface area contributed by atoms with Gasteiger partial charge in [0.1, 0.15) is 17.2 Å². The fourth-order valence-electron chi connectivity index (χ4n) is 1.90. The van der Waals surface area contributed by atoms with Gasteiger partial charge in [-0.05, 0) is 31.2 Å². The van der Waals surface area contributed by atoms with Crippen LogP contribution in [0.15, 0.2) is 36.4 Å². The molecule has 1 nitrogen and oxygen atoms in total. The first-order chi connectivity index (χ1) is 8.84. The fraction of sp³-hybridized carbons (Fsp3) is 0.143. The van der Waals surface area contributed by atoms with Gasteiger partial charge in [0.05, 0.1) is 0 Å². The maximum absolute atomic E-state index is 13.7. The van der Waals surface area contributed by atoms with Crippen LogP contribution in [0.1, 0.15) is 18.1 Å². The minimum atomic E-state index is -2.18. The van der Waals surface area contributed by atoms with Crippen molar-refractivity contribution < 1.29 is 22.7 Å². The third-order valence-electron chi connectivity index (χ3n) is 2.93. The fourth-order valence-corrected chi connectivity index (χ4v) is 1.90. The van der Waals surface area contributed by atoms with Crippen molar-refractivity contribution in [3.8, 4) is 0 Å². The molecule has 0 heterocycles. The van der Waals surface area contributed by atoms with Crippen LogP contribution in [0.4, 0.5) is 17.6 Å². The SMILES string of the molecule is CC(O)(c1cc(F)ccc1F)c1cccc(F)c1F. The quantitative estimate of drug-likeness (QED) is 0.828. The van der Waals surface area contributed by atoms with Crippen LogP contribution < -0.4 is 0 Å². The molecule has 0 aromatic heterocycles. The molecule has 0 saturated heterocycles. The van der Waals surface area contributed by atoms with Crippen molar-refractivity contribution in [1.82, 2.24) is 0 Å². The highest BCUT2D eigenvalue weighted by Gasteiger charge is 2.32. The first-order valence-electron chi connectivity index (χ1n) is 5.46. The van der Waals surface area contributed by atoms with Gasteiger partial charge in [0, 0.05) is 11.1 Å². The smallest absolute Gasteiger partial charge is 0.165 e. The molecule has 100 valence electrons.